The Bertz CT molecular complexity index is 649. The van der Waals surface area contributed by atoms with Gasteiger partial charge in [0.2, 0.25) is 5.91 Å². The molecule has 0 radical (unpaired) electrons. The molecule has 24 heavy (non-hydrogen) atoms. The van der Waals surface area contributed by atoms with Crippen molar-refractivity contribution in [3.63, 3.8) is 0 Å². The van der Waals surface area contributed by atoms with Crippen molar-refractivity contribution >= 4 is 11.9 Å². The molecule has 1 amide bonds. The van der Waals surface area contributed by atoms with Gasteiger partial charge in [-0.15, -0.1) is 0 Å². The van der Waals surface area contributed by atoms with Crippen molar-refractivity contribution < 1.29 is 23.5 Å². The molecule has 2 fully saturated rings. The maximum absolute atomic E-state index is 13.4. The smallest absolute Gasteiger partial charge is 0.303 e. The molecule has 0 bridgehead atoms. The van der Waals surface area contributed by atoms with Crippen LogP contribution in [0.2, 0.25) is 0 Å². The molecule has 130 valence electrons. The first-order valence-corrected chi connectivity index (χ1v) is 8.44. The van der Waals surface area contributed by atoms with Crippen molar-refractivity contribution in [1.29, 1.82) is 0 Å². The molecule has 2 aliphatic rings. The highest BCUT2D eigenvalue weighted by molar-refractivity contribution is 5.83. The van der Waals surface area contributed by atoms with Crippen LogP contribution in [0.4, 0.5) is 8.78 Å². The van der Waals surface area contributed by atoms with E-state index < -0.39 is 17.6 Å². The zero-order chi connectivity index (χ0) is 17.3. The fourth-order valence-electron chi connectivity index (χ4n) is 3.67. The monoisotopic (exact) mass is 337 g/mol. The summed E-state index contributed by atoms with van der Waals surface area (Å²) in [5, 5.41) is 8.86. The molecule has 1 saturated heterocycles. The fourth-order valence-corrected chi connectivity index (χ4v) is 3.67. The van der Waals surface area contributed by atoms with Crippen LogP contribution in [0.15, 0.2) is 18.2 Å². The standard InChI is InChI=1S/C18H21F2NO3/c19-15-6-4-11(9-16(15)20)13-10-14(13)18(24)21-8-2-1-3-12(21)5-7-17(22)23/h4,6,9,12-14H,1-3,5,7-8,10H2,(H,22,23)/t12-,13-,14-/m0/s1. The molecule has 1 aliphatic heterocycles. The Kier molecular flexibility index (Phi) is 4.83. The molecule has 3 rings (SSSR count). The van der Waals surface area contributed by atoms with Crippen molar-refractivity contribution in [2.24, 2.45) is 5.92 Å². The summed E-state index contributed by atoms with van der Waals surface area (Å²) >= 11 is 0. The van der Waals surface area contributed by atoms with Crippen molar-refractivity contribution in [3.8, 4) is 0 Å². The number of hydrogen-bond acceptors (Lipinski definition) is 2. The van der Waals surface area contributed by atoms with Gasteiger partial charge in [0.15, 0.2) is 11.6 Å². The van der Waals surface area contributed by atoms with Crippen molar-refractivity contribution in [3.05, 3.63) is 35.4 Å². The van der Waals surface area contributed by atoms with E-state index in [4.69, 9.17) is 5.11 Å². The number of piperidine rings is 1. The van der Waals surface area contributed by atoms with E-state index in [1.807, 2.05) is 4.90 Å². The number of carbonyl (C=O) groups excluding carboxylic acids is 1. The molecule has 0 spiro atoms. The average molecular weight is 337 g/mol. The topological polar surface area (TPSA) is 57.6 Å². The maximum Gasteiger partial charge on any atom is 0.303 e. The Balaban J connectivity index is 1.65. The van der Waals surface area contributed by atoms with E-state index in [0.717, 1.165) is 25.3 Å². The van der Waals surface area contributed by atoms with Gasteiger partial charge in [0.25, 0.3) is 0 Å². The van der Waals surface area contributed by atoms with Gasteiger partial charge in [0.1, 0.15) is 0 Å². The zero-order valence-electron chi connectivity index (χ0n) is 13.4. The van der Waals surface area contributed by atoms with Crippen LogP contribution in [0.5, 0.6) is 0 Å². The third-order valence-electron chi connectivity index (χ3n) is 5.08. The number of likely N-dealkylation sites (tertiary alicyclic amines) is 1. The quantitative estimate of drug-likeness (QED) is 0.897. The average Bonchev–Trinajstić information content (AvgIpc) is 3.35. The normalized spacial score (nSPS) is 26.2. The van der Waals surface area contributed by atoms with Crippen LogP contribution in [-0.4, -0.2) is 34.5 Å². The van der Waals surface area contributed by atoms with Crippen LogP contribution in [0.1, 0.15) is 50.0 Å². The van der Waals surface area contributed by atoms with Crippen LogP contribution in [0.3, 0.4) is 0 Å². The Morgan fingerprint density at radius 2 is 2.00 bits per heavy atom. The van der Waals surface area contributed by atoms with Crippen LogP contribution >= 0.6 is 0 Å². The van der Waals surface area contributed by atoms with Crippen LogP contribution < -0.4 is 0 Å². The molecule has 1 aliphatic carbocycles. The van der Waals surface area contributed by atoms with Gasteiger partial charge >= 0.3 is 5.97 Å². The van der Waals surface area contributed by atoms with E-state index in [9.17, 15) is 18.4 Å². The van der Waals surface area contributed by atoms with E-state index in [-0.39, 0.29) is 30.2 Å². The summed E-state index contributed by atoms with van der Waals surface area (Å²) in [7, 11) is 0. The van der Waals surface area contributed by atoms with Crippen molar-refractivity contribution in [1.82, 2.24) is 4.90 Å². The highest BCUT2D eigenvalue weighted by atomic mass is 19.2. The first kappa shape index (κ1) is 16.9. The summed E-state index contributed by atoms with van der Waals surface area (Å²) in [6.45, 7) is 0.657. The molecule has 1 saturated carbocycles. The SMILES string of the molecule is O=C(O)CC[C@@H]1CCCCN1C(=O)[C@H]1C[C@H]1c1ccc(F)c(F)c1. The van der Waals surface area contributed by atoms with E-state index >= 15 is 0 Å². The number of carboxylic acid groups (broad SMARTS) is 1. The predicted octanol–water partition coefficient (Wildman–Crippen LogP) is 3.31. The Hall–Kier alpha value is -1.98. The van der Waals surface area contributed by atoms with E-state index in [1.54, 1.807) is 0 Å². The molecule has 6 heteroatoms. The second-order valence-electron chi connectivity index (χ2n) is 6.74. The molecule has 4 nitrogen and oxygen atoms in total. The van der Waals surface area contributed by atoms with Gasteiger partial charge in [0, 0.05) is 24.9 Å². The molecule has 1 aromatic carbocycles. The van der Waals surface area contributed by atoms with Crippen LogP contribution in [0.25, 0.3) is 0 Å². The van der Waals surface area contributed by atoms with Gasteiger partial charge in [-0.05, 0) is 55.7 Å². The number of halogens is 2. The van der Waals surface area contributed by atoms with E-state index in [1.165, 1.54) is 12.1 Å². The number of amides is 1. The molecule has 1 aromatic rings. The van der Waals surface area contributed by atoms with Crippen LogP contribution in [-0.2, 0) is 9.59 Å². The molecule has 0 unspecified atom stereocenters. The van der Waals surface area contributed by atoms with Gasteiger partial charge in [0.05, 0.1) is 0 Å². The largest absolute Gasteiger partial charge is 0.481 e. The number of hydrogen-bond donors (Lipinski definition) is 1. The third kappa shape index (κ3) is 3.57. The summed E-state index contributed by atoms with van der Waals surface area (Å²) in [6, 6.07) is 3.79. The minimum Gasteiger partial charge on any atom is -0.481 e. The summed E-state index contributed by atoms with van der Waals surface area (Å²) in [6.07, 6.45) is 3.95. The summed E-state index contributed by atoms with van der Waals surface area (Å²) in [4.78, 5) is 25.4. The fraction of sp³-hybridized carbons (Fsp3) is 0.556. The highest BCUT2D eigenvalue weighted by Gasteiger charge is 2.47. The van der Waals surface area contributed by atoms with E-state index in [0.29, 0.717) is 24.9 Å². The van der Waals surface area contributed by atoms with E-state index in [2.05, 4.69) is 0 Å². The molecular formula is C18H21F2NO3. The Morgan fingerprint density at radius 1 is 1.21 bits per heavy atom. The van der Waals surface area contributed by atoms with Gasteiger partial charge in [-0.25, -0.2) is 8.78 Å². The number of benzene rings is 1. The lowest BCUT2D eigenvalue weighted by atomic mass is 9.97. The Labute approximate surface area is 139 Å². The lowest BCUT2D eigenvalue weighted by Crippen LogP contribution is -2.44. The summed E-state index contributed by atoms with van der Waals surface area (Å²) in [5.41, 5.74) is 0.659. The van der Waals surface area contributed by atoms with Gasteiger partial charge in [-0.1, -0.05) is 6.07 Å². The minimum absolute atomic E-state index is 0.0199. The first-order chi connectivity index (χ1) is 11.5. The molecule has 0 aromatic heterocycles. The second-order valence-corrected chi connectivity index (χ2v) is 6.74. The van der Waals surface area contributed by atoms with Gasteiger partial charge in [-0.3, -0.25) is 9.59 Å². The lowest BCUT2D eigenvalue weighted by molar-refractivity contribution is -0.140. The predicted molar refractivity (Wildman–Crippen MR) is 83.4 cm³/mol. The molecule has 1 N–H and O–H groups in total. The van der Waals surface area contributed by atoms with Crippen LogP contribution in [0, 0.1) is 17.6 Å². The molecule has 3 atom stereocenters. The lowest BCUT2D eigenvalue weighted by Gasteiger charge is -2.36. The first-order valence-electron chi connectivity index (χ1n) is 8.44. The number of nitrogens with zero attached hydrogens (tertiary/aromatic N) is 1. The van der Waals surface area contributed by atoms with Gasteiger partial charge in [-0.2, -0.15) is 0 Å². The summed E-state index contributed by atoms with van der Waals surface area (Å²) in [5.74, 6) is -2.84. The second kappa shape index (κ2) is 6.87. The number of rotatable bonds is 5. The minimum atomic E-state index is -0.886. The summed E-state index contributed by atoms with van der Waals surface area (Å²) < 4.78 is 26.4. The number of aliphatic carboxylic acids is 1. The maximum atomic E-state index is 13.4. The van der Waals surface area contributed by atoms with Crippen molar-refractivity contribution in [2.45, 2.75) is 50.5 Å². The molecular weight excluding hydrogens is 316 g/mol. The Morgan fingerprint density at radius 3 is 2.71 bits per heavy atom. The molecule has 1 heterocycles. The third-order valence-corrected chi connectivity index (χ3v) is 5.08. The highest BCUT2D eigenvalue weighted by Crippen LogP contribution is 2.49. The number of carbonyl (C=O) groups is 2. The van der Waals surface area contributed by atoms with Gasteiger partial charge < -0.3 is 10.0 Å². The number of carboxylic acids is 1. The van der Waals surface area contributed by atoms with Crippen molar-refractivity contribution in [2.75, 3.05) is 6.54 Å². The zero-order valence-corrected chi connectivity index (χ0v) is 13.4.